The summed E-state index contributed by atoms with van der Waals surface area (Å²) in [4.78, 5) is 12.3. The minimum absolute atomic E-state index is 0.0752. The molecule has 272 valence electrons. The van der Waals surface area contributed by atoms with Gasteiger partial charge in [0.15, 0.2) is 0 Å². The molecule has 0 saturated carbocycles. The Bertz CT molecular complexity index is 2460. The van der Waals surface area contributed by atoms with Crippen LogP contribution in [0, 0.1) is 41.5 Å². The van der Waals surface area contributed by atoms with Gasteiger partial charge in [-0.2, -0.15) is 0 Å². The highest BCUT2D eigenvalue weighted by molar-refractivity contribution is 6.96. The molecule has 8 rings (SSSR count). The molecule has 0 amide bonds. The van der Waals surface area contributed by atoms with Gasteiger partial charge in [-0.05, 0) is 99.7 Å². The number of rotatable bonds is 9. The first-order valence-corrected chi connectivity index (χ1v) is 19.4. The van der Waals surface area contributed by atoms with Crippen LogP contribution in [0.5, 0.6) is 0 Å². The van der Waals surface area contributed by atoms with Crippen molar-refractivity contribution >= 4 is 40.4 Å². The van der Waals surface area contributed by atoms with Gasteiger partial charge in [0.1, 0.15) is 0 Å². The summed E-state index contributed by atoms with van der Waals surface area (Å²) in [5.74, 6) is 0.605. The van der Waals surface area contributed by atoms with Crippen LogP contribution in [-0.4, -0.2) is 16.7 Å². The lowest BCUT2D eigenvalue weighted by molar-refractivity contribution is 1.08. The maximum atomic E-state index is 5.04. The molecule has 0 saturated heterocycles. The van der Waals surface area contributed by atoms with Gasteiger partial charge in [0.25, 0.3) is 0 Å². The Labute approximate surface area is 332 Å². The summed E-state index contributed by atoms with van der Waals surface area (Å²) in [6.45, 7) is 13.5. The van der Waals surface area contributed by atoms with Gasteiger partial charge in [0.2, 0.25) is 12.7 Å². The van der Waals surface area contributed by atoms with Crippen LogP contribution in [-0.2, 0) is 0 Å². The van der Waals surface area contributed by atoms with Crippen LogP contribution < -0.4 is 21.3 Å². The number of aromatic nitrogens is 2. The van der Waals surface area contributed by atoms with Crippen molar-refractivity contribution in [3.63, 3.8) is 0 Å². The quantitative estimate of drug-likeness (QED) is 0.139. The molecule has 8 aromatic rings. The summed E-state index contributed by atoms with van der Waals surface area (Å²) in [7, 11) is 0. The van der Waals surface area contributed by atoms with Crippen LogP contribution >= 0.6 is 0 Å². The summed E-state index contributed by atoms with van der Waals surface area (Å²) in [5, 5.41) is 0. The van der Waals surface area contributed by atoms with Crippen LogP contribution in [0.25, 0.3) is 33.4 Å². The molecule has 0 bridgehead atoms. The van der Waals surface area contributed by atoms with E-state index in [1.165, 1.54) is 49.8 Å². The lowest BCUT2D eigenvalue weighted by atomic mass is 9.34. The second-order valence-corrected chi connectivity index (χ2v) is 15.1. The highest BCUT2D eigenvalue weighted by atomic mass is 15.3. The van der Waals surface area contributed by atoms with Gasteiger partial charge in [-0.25, -0.2) is 9.97 Å². The van der Waals surface area contributed by atoms with Crippen molar-refractivity contribution in [2.24, 2.45) is 0 Å². The molecule has 0 aliphatic heterocycles. The van der Waals surface area contributed by atoms with E-state index in [0.717, 1.165) is 44.8 Å². The molecule has 1 heterocycles. The fourth-order valence-corrected chi connectivity index (χ4v) is 8.52. The minimum Gasteiger partial charge on any atom is -0.279 e. The standard InChI is InChI=1S/C52H46BN3/c1-35-26-37(3)50(38(4)27-35)53(51-39(5)28-36(2)29-40(51)6)47-22-24-48(25-23-47)56(52-54-33-46(34-55-52)43-20-14-9-15-21-43)49-31-44(41-16-10-7-11-17-41)30-45(32-49)42-18-12-8-13-19-42/h7-34H,1-6H3. The highest BCUT2D eigenvalue weighted by Crippen LogP contribution is 2.38. The number of hydrogen-bond acceptors (Lipinski definition) is 3. The van der Waals surface area contributed by atoms with Gasteiger partial charge in [-0.15, -0.1) is 0 Å². The van der Waals surface area contributed by atoms with Gasteiger partial charge < -0.3 is 0 Å². The van der Waals surface area contributed by atoms with E-state index in [-0.39, 0.29) is 6.71 Å². The van der Waals surface area contributed by atoms with Gasteiger partial charge in [0, 0.05) is 23.6 Å². The van der Waals surface area contributed by atoms with E-state index in [9.17, 15) is 0 Å². The Kier molecular flexibility index (Phi) is 10.2. The van der Waals surface area contributed by atoms with E-state index < -0.39 is 0 Å². The maximum absolute atomic E-state index is 5.04. The van der Waals surface area contributed by atoms with Crippen molar-refractivity contribution in [2.45, 2.75) is 41.5 Å². The van der Waals surface area contributed by atoms with Crippen molar-refractivity contribution in [1.29, 1.82) is 0 Å². The zero-order chi connectivity index (χ0) is 38.8. The SMILES string of the molecule is Cc1cc(C)c(B(c2ccc(N(c3cc(-c4ccccc4)cc(-c4ccccc4)c3)c3ncc(-c4ccccc4)cn3)cc2)c2c(C)cc(C)cc2C)c(C)c1. The molecule has 0 aliphatic carbocycles. The Morgan fingerprint density at radius 3 is 1.18 bits per heavy atom. The van der Waals surface area contributed by atoms with Crippen molar-refractivity contribution in [3.8, 4) is 33.4 Å². The zero-order valence-electron chi connectivity index (χ0n) is 33.1. The monoisotopic (exact) mass is 723 g/mol. The molecule has 0 N–H and O–H groups in total. The number of hydrogen-bond donors (Lipinski definition) is 0. The number of nitrogens with zero attached hydrogens (tertiary/aromatic N) is 3. The van der Waals surface area contributed by atoms with E-state index in [0.29, 0.717) is 5.95 Å². The molecule has 0 spiro atoms. The fraction of sp³-hybridized carbons (Fsp3) is 0.115. The summed E-state index contributed by atoms with van der Waals surface area (Å²) in [6.07, 6.45) is 3.86. The third kappa shape index (κ3) is 7.43. The summed E-state index contributed by atoms with van der Waals surface area (Å²) in [5.41, 5.74) is 20.4. The largest absolute Gasteiger partial charge is 0.279 e. The third-order valence-electron chi connectivity index (χ3n) is 10.9. The summed E-state index contributed by atoms with van der Waals surface area (Å²) in [6, 6.07) is 56.7. The molecule has 0 unspecified atom stereocenters. The Morgan fingerprint density at radius 2 is 0.768 bits per heavy atom. The van der Waals surface area contributed by atoms with Gasteiger partial charge in [-0.1, -0.05) is 177 Å². The highest BCUT2D eigenvalue weighted by Gasteiger charge is 2.29. The third-order valence-corrected chi connectivity index (χ3v) is 10.9. The first kappa shape index (κ1) is 36.5. The average molecular weight is 724 g/mol. The van der Waals surface area contributed by atoms with Crippen LogP contribution in [0.2, 0.25) is 0 Å². The van der Waals surface area contributed by atoms with E-state index in [2.05, 4.69) is 186 Å². The molecule has 0 fully saturated rings. The van der Waals surface area contributed by atoms with Gasteiger partial charge >= 0.3 is 0 Å². The second kappa shape index (κ2) is 15.7. The topological polar surface area (TPSA) is 29.0 Å². The fourth-order valence-electron chi connectivity index (χ4n) is 8.52. The normalized spacial score (nSPS) is 11.0. The van der Waals surface area contributed by atoms with Gasteiger partial charge in [-0.3, -0.25) is 4.90 Å². The number of aryl methyl sites for hydroxylation is 6. The van der Waals surface area contributed by atoms with Crippen LogP contribution in [0.3, 0.4) is 0 Å². The molecule has 1 aromatic heterocycles. The van der Waals surface area contributed by atoms with Crippen LogP contribution in [0.4, 0.5) is 17.3 Å². The molecular formula is C52H46BN3. The van der Waals surface area contributed by atoms with E-state index in [1.54, 1.807) is 0 Å². The molecule has 0 radical (unpaired) electrons. The predicted octanol–water partition coefficient (Wildman–Crippen LogP) is 11.3. The smallest absolute Gasteiger partial charge is 0.242 e. The summed E-state index contributed by atoms with van der Waals surface area (Å²) < 4.78 is 0. The van der Waals surface area contributed by atoms with Crippen LogP contribution in [0.1, 0.15) is 33.4 Å². The maximum Gasteiger partial charge on any atom is 0.242 e. The Morgan fingerprint density at radius 1 is 0.375 bits per heavy atom. The van der Waals surface area contributed by atoms with E-state index >= 15 is 0 Å². The predicted molar refractivity (Wildman–Crippen MR) is 239 cm³/mol. The van der Waals surface area contributed by atoms with E-state index in [1.807, 2.05) is 30.6 Å². The molecule has 3 nitrogen and oxygen atoms in total. The Balaban J connectivity index is 1.31. The number of benzene rings is 7. The van der Waals surface area contributed by atoms with E-state index in [4.69, 9.17) is 9.97 Å². The first-order valence-electron chi connectivity index (χ1n) is 19.4. The van der Waals surface area contributed by atoms with Crippen molar-refractivity contribution in [2.75, 3.05) is 4.90 Å². The molecule has 0 aliphatic rings. The molecular weight excluding hydrogens is 677 g/mol. The molecule has 7 aromatic carbocycles. The molecule has 4 heteroatoms. The zero-order valence-corrected chi connectivity index (χ0v) is 33.1. The van der Waals surface area contributed by atoms with Crippen molar-refractivity contribution in [1.82, 2.24) is 9.97 Å². The number of anilines is 3. The lowest BCUT2D eigenvalue weighted by Gasteiger charge is -2.27. The average Bonchev–Trinajstić information content (AvgIpc) is 3.21. The lowest BCUT2D eigenvalue weighted by Crippen LogP contribution is -2.55. The minimum atomic E-state index is 0.0752. The van der Waals surface area contributed by atoms with Crippen molar-refractivity contribution < 1.29 is 0 Å². The molecule has 0 atom stereocenters. The molecule has 56 heavy (non-hydrogen) atoms. The van der Waals surface area contributed by atoms with Gasteiger partial charge in [0.05, 0.1) is 5.69 Å². The van der Waals surface area contributed by atoms with Crippen LogP contribution in [0.15, 0.2) is 170 Å². The Hall–Kier alpha value is -6.52. The summed E-state index contributed by atoms with van der Waals surface area (Å²) >= 11 is 0. The van der Waals surface area contributed by atoms with Crippen molar-refractivity contribution in [3.05, 3.63) is 203 Å². The second-order valence-electron chi connectivity index (χ2n) is 15.1. The first-order chi connectivity index (χ1) is 27.2.